The summed E-state index contributed by atoms with van der Waals surface area (Å²) in [5.74, 6) is -1.98. The minimum atomic E-state index is -0.744. The van der Waals surface area contributed by atoms with E-state index in [1.807, 2.05) is 0 Å². The fourth-order valence-electron chi connectivity index (χ4n) is 2.44. The fraction of sp³-hybridized carbons (Fsp3) is 0.111. The van der Waals surface area contributed by atoms with Crippen LogP contribution in [0.3, 0.4) is 0 Å². The van der Waals surface area contributed by atoms with E-state index in [9.17, 15) is 18.0 Å². The molecule has 1 heterocycles. The summed E-state index contributed by atoms with van der Waals surface area (Å²) in [5, 5.41) is 8.24. The van der Waals surface area contributed by atoms with Crippen LogP contribution in [-0.2, 0) is 0 Å². The average Bonchev–Trinajstić information content (AvgIpc) is 2.61. The first-order chi connectivity index (χ1) is 12.5. The number of carbonyl (C=O) groups is 1. The Hall–Kier alpha value is -3.29. The third-order valence-corrected chi connectivity index (χ3v) is 3.61. The maximum atomic E-state index is 13.7. The highest BCUT2D eigenvalue weighted by atomic mass is 19.1. The van der Waals surface area contributed by atoms with Gasteiger partial charge < -0.3 is 16.0 Å². The van der Waals surface area contributed by atoms with Gasteiger partial charge in [-0.05, 0) is 24.3 Å². The SMILES string of the molecule is O=C(NCCNc1ccnc2c(F)cc(F)cc12)Nc1ccccc1F. The summed E-state index contributed by atoms with van der Waals surface area (Å²) >= 11 is 0. The van der Waals surface area contributed by atoms with Gasteiger partial charge in [-0.1, -0.05) is 12.1 Å². The molecule has 0 unspecified atom stereocenters. The van der Waals surface area contributed by atoms with Crippen LogP contribution in [0.5, 0.6) is 0 Å². The van der Waals surface area contributed by atoms with E-state index in [0.717, 1.165) is 6.07 Å². The summed E-state index contributed by atoms with van der Waals surface area (Å²) in [7, 11) is 0. The number of benzene rings is 2. The van der Waals surface area contributed by atoms with Gasteiger partial charge in [-0.15, -0.1) is 0 Å². The minimum Gasteiger partial charge on any atom is -0.383 e. The number of nitrogens with one attached hydrogen (secondary N) is 3. The van der Waals surface area contributed by atoms with E-state index in [-0.39, 0.29) is 17.7 Å². The largest absolute Gasteiger partial charge is 0.383 e. The highest BCUT2D eigenvalue weighted by Gasteiger charge is 2.09. The molecule has 1 aromatic heterocycles. The molecular formula is C18H15F3N4O. The van der Waals surface area contributed by atoms with Gasteiger partial charge in [0.1, 0.15) is 17.2 Å². The number of carbonyl (C=O) groups excluding carboxylic acids is 1. The molecule has 0 fully saturated rings. The molecule has 0 bridgehead atoms. The van der Waals surface area contributed by atoms with Crippen molar-refractivity contribution in [3.05, 3.63) is 66.1 Å². The van der Waals surface area contributed by atoms with Crippen molar-refractivity contribution in [2.75, 3.05) is 23.7 Å². The summed E-state index contributed by atoms with van der Waals surface area (Å²) < 4.78 is 40.6. The van der Waals surface area contributed by atoms with E-state index < -0.39 is 23.5 Å². The monoisotopic (exact) mass is 360 g/mol. The third-order valence-electron chi connectivity index (χ3n) is 3.61. The average molecular weight is 360 g/mol. The van der Waals surface area contributed by atoms with Gasteiger partial charge >= 0.3 is 6.03 Å². The molecule has 3 N–H and O–H groups in total. The van der Waals surface area contributed by atoms with Crippen molar-refractivity contribution in [1.29, 1.82) is 0 Å². The van der Waals surface area contributed by atoms with Crippen molar-refractivity contribution >= 4 is 28.3 Å². The lowest BCUT2D eigenvalue weighted by atomic mass is 10.1. The van der Waals surface area contributed by atoms with E-state index in [0.29, 0.717) is 17.6 Å². The Kier molecular flexibility index (Phi) is 5.21. The number of fused-ring (bicyclic) bond motifs is 1. The van der Waals surface area contributed by atoms with Crippen molar-refractivity contribution in [2.24, 2.45) is 0 Å². The molecule has 2 aromatic carbocycles. The number of aromatic nitrogens is 1. The second-order valence-electron chi connectivity index (χ2n) is 5.43. The van der Waals surface area contributed by atoms with Gasteiger partial charge in [-0.25, -0.2) is 18.0 Å². The van der Waals surface area contributed by atoms with Gasteiger partial charge in [0.2, 0.25) is 0 Å². The molecular weight excluding hydrogens is 345 g/mol. The van der Waals surface area contributed by atoms with Crippen LogP contribution in [0.4, 0.5) is 29.3 Å². The predicted octanol–water partition coefficient (Wildman–Crippen LogP) is 3.89. The summed E-state index contributed by atoms with van der Waals surface area (Å²) in [6, 6.07) is 8.79. The highest BCUT2D eigenvalue weighted by molar-refractivity contribution is 5.91. The lowest BCUT2D eigenvalue weighted by Crippen LogP contribution is -2.32. The van der Waals surface area contributed by atoms with E-state index in [1.54, 1.807) is 12.1 Å². The zero-order chi connectivity index (χ0) is 18.5. The quantitative estimate of drug-likeness (QED) is 0.605. The molecule has 0 atom stereocenters. The Labute approximate surface area is 147 Å². The summed E-state index contributed by atoms with van der Waals surface area (Å²) in [4.78, 5) is 15.6. The second kappa shape index (κ2) is 7.73. The van der Waals surface area contributed by atoms with Crippen LogP contribution in [0.1, 0.15) is 0 Å². The van der Waals surface area contributed by atoms with Crippen LogP contribution in [0.2, 0.25) is 0 Å². The number of hydrogen-bond donors (Lipinski definition) is 3. The number of hydrogen-bond acceptors (Lipinski definition) is 3. The standard InChI is InChI=1S/C18H15F3N4O/c19-11-9-12-15(5-6-23-17(12)14(21)10-11)22-7-8-24-18(26)25-16-4-2-1-3-13(16)20/h1-6,9-10H,7-8H2,(H,22,23)(H2,24,25,26). The smallest absolute Gasteiger partial charge is 0.319 e. The van der Waals surface area contributed by atoms with Gasteiger partial charge in [0, 0.05) is 36.4 Å². The number of pyridine rings is 1. The van der Waals surface area contributed by atoms with Gasteiger partial charge in [-0.2, -0.15) is 0 Å². The molecule has 0 aliphatic carbocycles. The topological polar surface area (TPSA) is 66.0 Å². The van der Waals surface area contributed by atoms with Gasteiger partial charge in [0.15, 0.2) is 5.82 Å². The molecule has 0 saturated carbocycles. The molecule has 0 saturated heterocycles. The first kappa shape index (κ1) is 17.5. The van der Waals surface area contributed by atoms with E-state index in [4.69, 9.17) is 0 Å². The summed E-state index contributed by atoms with van der Waals surface area (Å²) in [5.41, 5.74) is 0.621. The molecule has 134 valence electrons. The minimum absolute atomic E-state index is 0.0571. The second-order valence-corrected chi connectivity index (χ2v) is 5.43. The predicted molar refractivity (Wildman–Crippen MR) is 93.6 cm³/mol. The molecule has 0 spiro atoms. The van der Waals surface area contributed by atoms with Crippen LogP contribution in [0.15, 0.2) is 48.7 Å². The Balaban J connectivity index is 1.56. The molecule has 3 rings (SSSR count). The van der Waals surface area contributed by atoms with Crippen molar-refractivity contribution < 1.29 is 18.0 Å². The van der Waals surface area contributed by atoms with Crippen molar-refractivity contribution in [3.8, 4) is 0 Å². The van der Waals surface area contributed by atoms with Crippen molar-refractivity contribution in [3.63, 3.8) is 0 Å². The highest BCUT2D eigenvalue weighted by Crippen LogP contribution is 2.24. The van der Waals surface area contributed by atoms with Gasteiger partial charge in [-0.3, -0.25) is 4.98 Å². The molecule has 2 amide bonds. The molecule has 5 nitrogen and oxygen atoms in total. The first-order valence-electron chi connectivity index (χ1n) is 7.81. The van der Waals surface area contributed by atoms with Crippen molar-refractivity contribution in [1.82, 2.24) is 10.3 Å². The van der Waals surface area contributed by atoms with Gasteiger partial charge in [0.05, 0.1) is 5.69 Å². The normalized spacial score (nSPS) is 10.6. The number of rotatable bonds is 5. The number of para-hydroxylation sites is 1. The Bertz CT molecular complexity index is 949. The van der Waals surface area contributed by atoms with Crippen LogP contribution >= 0.6 is 0 Å². The molecule has 0 aliphatic heterocycles. The van der Waals surface area contributed by atoms with Crippen LogP contribution in [0, 0.1) is 17.5 Å². The third kappa shape index (κ3) is 4.02. The van der Waals surface area contributed by atoms with E-state index >= 15 is 0 Å². The number of nitrogens with zero attached hydrogens (tertiary/aromatic N) is 1. The van der Waals surface area contributed by atoms with Crippen LogP contribution in [-0.4, -0.2) is 24.1 Å². The molecule has 3 aromatic rings. The number of halogens is 3. The molecule has 8 heteroatoms. The Morgan fingerprint density at radius 2 is 1.77 bits per heavy atom. The Morgan fingerprint density at radius 3 is 2.58 bits per heavy atom. The Morgan fingerprint density at radius 1 is 0.962 bits per heavy atom. The lowest BCUT2D eigenvalue weighted by Gasteiger charge is -2.11. The number of urea groups is 1. The van der Waals surface area contributed by atoms with E-state index in [1.165, 1.54) is 30.5 Å². The lowest BCUT2D eigenvalue weighted by molar-refractivity contribution is 0.252. The van der Waals surface area contributed by atoms with Crippen molar-refractivity contribution in [2.45, 2.75) is 0 Å². The zero-order valence-electron chi connectivity index (χ0n) is 13.5. The summed E-state index contributed by atoms with van der Waals surface area (Å²) in [6.07, 6.45) is 1.41. The van der Waals surface area contributed by atoms with Gasteiger partial charge in [0.25, 0.3) is 0 Å². The fourth-order valence-corrected chi connectivity index (χ4v) is 2.44. The molecule has 26 heavy (non-hydrogen) atoms. The maximum Gasteiger partial charge on any atom is 0.319 e. The van der Waals surface area contributed by atoms with Crippen LogP contribution in [0.25, 0.3) is 10.9 Å². The molecule has 0 aliphatic rings. The first-order valence-corrected chi connectivity index (χ1v) is 7.81. The maximum absolute atomic E-state index is 13.7. The van der Waals surface area contributed by atoms with E-state index in [2.05, 4.69) is 20.9 Å². The number of anilines is 2. The van der Waals surface area contributed by atoms with Crippen LogP contribution < -0.4 is 16.0 Å². The molecule has 0 radical (unpaired) electrons. The zero-order valence-corrected chi connectivity index (χ0v) is 13.5. The number of amides is 2. The summed E-state index contributed by atoms with van der Waals surface area (Å²) in [6.45, 7) is 0.504.